The number of amides is 1. The zero-order valence-corrected chi connectivity index (χ0v) is 19.1. The first-order valence-corrected chi connectivity index (χ1v) is 12.4. The van der Waals surface area contributed by atoms with Gasteiger partial charge in [-0.15, -0.1) is 0 Å². The van der Waals surface area contributed by atoms with Crippen LogP contribution in [0, 0.1) is 5.92 Å². The maximum Gasteiger partial charge on any atom is 0.227 e. The summed E-state index contributed by atoms with van der Waals surface area (Å²) in [6.07, 6.45) is 2.70. The lowest BCUT2D eigenvalue weighted by Gasteiger charge is -2.30. The normalized spacial score (nSPS) is 20.1. The molecule has 1 aliphatic rings. The molecule has 1 saturated carbocycles. The van der Waals surface area contributed by atoms with Crippen LogP contribution in [-0.2, 0) is 14.8 Å². The van der Waals surface area contributed by atoms with Crippen LogP contribution in [0.1, 0.15) is 46.5 Å². The summed E-state index contributed by atoms with van der Waals surface area (Å²) in [7, 11) is -3.38. The van der Waals surface area contributed by atoms with E-state index in [4.69, 9.17) is 0 Å². The highest BCUT2D eigenvalue weighted by molar-refractivity contribution is 7.90. The van der Waals surface area contributed by atoms with E-state index in [9.17, 15) is 13.2 Å². The van der Waals surface area contributed by atoms with Gasteiger partial charge in [0.15, 0.2) is 0 Å². The van der Waals surface area contributed by atoms with Crippen molar-refractivity contribution in [2.24, 2.45) is 5.92 Å². The second-order valence-corrected chi connectivity index (χ2v) is 12.0. The fourth-order valence-corrected chi connectivity index (χ4v) is 5.21. The Hall–Kier alpha value is -2.44. The van der Waals surface area contributed by atoms with Gasteiger partial charge in [0.2, 0.25) is 15.9 Å². The van der Waals surface area contributed by atoms with Crippen molar-refractivity contribution in [1.29, 1.82) is 0 Å². The van der Waals surface area contributed by atoms with Crippen LogP contribution in [0.25, 0.3) is 21.5 Å². The summed E-state index contributed by atoms with van der Waals surface area (Å²) in [5.74, 6) is -0.0936. The second kappa shape index (κ2) is 8.24. The molecule has 1 aliphatic carbocycles. The summed E-state index contributed by atoms with van der Waals surface area (Å²) in [4.78, 5) is 13.0. The van der Waals surface area contributed by atoms with Gasteiger partial charge in [0, 0.05) is 23.0 Å². The van der Waals surface area contributed by atoms with Crippen LogP contribution in [0.2, 0.25) is 0 Å². The molecule has 0 unspecified atom stereocenters. The van der Waals surface area contributed by atoms with Crippen LogP contribution in [0.3, 0.4) is 0 Å². The SMILES string of the molecule is CC(C)(C)S(=O)(=O)NC1CCC(C(=O)Nc2cccc3cc4ccccc4cc23)CC1. The fraction of sp³-hybridized carbons (Fsp3) is 0.400. The van der Waals surface area contributed by atoms with Crippen molar-refractivity contribution in [2.75, 3.05) is 5.32 Å². The van der Waals surface area contributed by atoms with E-state index in [1.807, 2.05) is 24.3 Å². The third-order valence-electron chi connectivity index (χ3n) is 6.23. The quantitative estimate of drug-likeness (QED) is 0.549. The van der Waals surface area contributed by atoms with Gasteiger partial charge in [-0.2, -0.15) is 0 Å². The minimum absolute atomic E-state index is 0.0118. The lowest BCUT2D eigenvalue weighted by molar-refractivity contribution is -0.120. The van der Waals surface area contributed by atoms with Gasteiger partial charge in [0.1, 0.15) is 0 Å². The van der Waals surface area contributed by atoms with Gasteiger partial charge in [-0.1, -0.05) is 36.4 Å². The first-order valence-electron chi connectivity index (χ1n) is 10.9. The maximum atomic E-state index is 13.0. The Morgan fingerprint density at radius 3 is 2.13 bits per heavy atom. The van der Waals surface area contributed by atoms with Gasteiger partial charge in [0.25, 0.3) is 0 Å². The molecule has 1 fully saturated rings. The largest absolute Gasteiger partial charge is 0.325 e. The van der Waals surface area contributed by atoms with Crippen molar-refractivity contribution >= 4 is 43.2 Å². The Bertz CT molecular complexity index is 1220. The van der Waals surface area contributed by atoms with Crippen molar-refractivity contribution in [3.63, 3.8) is 0 Å². The van der Waals surface area contributed by atoms with Crippen molar-refractivity contribution in [1.82, 2.24) is 4.72 Å². The molecule has 31 heavy (non-hydrogen) atoms. The van der Waals surface area contributed by atoms with E-state index in [1.165, 1.54) is 5.39 Å². The number of hydrogen-bond donors (Lipinski definition) is 2. The van der Waals surface area contributed by atoms with E-state index < -0.39 is 14.8 Å². The molecule has 4 rings (SSSR count). The van der Waals surface area contributed by atoms with Gasteiger partial charge in [-0.25, -0.2) is 13.1 Å². The molecular formula is C25H30N2O3S. The van der Waals surface area contributed by atoms with Crippen molar-refractivity contribution in [3.05, 3.63) is 54.6 Å². The maximum absolute atomic E-state index is 13.0. The van der Waals surface area contributed by atoms with E-state index in [2.05, 4.69) is 40.4 Å². The molecule has 0 aliphatic heterocycles. The number of fused-ring (bicyclic) bond motifs is 2. The molecule has 0 aromatic heterocycles. The number of carbonyl (C=O) groups excluding carboxylic acids is 1. The third-order valence-corrected chi connectivity index (χ3v) is 8.49. The Labute approximate surface area is 184 Å². The molecule has 5 nitrogen and oxygen atoms in total. The Kier molecular flexibility index (Phi) is 5.79. The van der Waals surface area contributed by atoms with Gasteiger partial charge in [0.05, 0.1) is 4.75 Å². The molecule has 0 saturated heterocycles. The zero-order chi connectivity index (χ0) is 22.2. The van der Waals surface area contributed by atoms with E-state index in [1.54, 1.807) is 20.8 Å². The van der Waals surface area contributed by atoms with E-state index in [0.29, 0.717) is 25.7 Å². The fourth-order valence-electron chi connectivity index (χ4n) is 4.18. The average Bonchev–Trinajstić information content (AvgIpc) is 2.72. The van der Waals surface area contributed by atoms with E-state index in [0.717, 1.165) is 21.8 Å². The Balaban J connectivity index is 1.45. The first kappa shape index (κ1) is 21.8. The Morgan fingerprint density at radius 1 is 0.871 bits per heavy atom. The Morgan fingerprint density at radius 2 is 1.48 bits per heavy atom. The van der Waals surface area contributed by atoms with Gasteiger partial charge < -0.3 is 5.32 Å². The van der Waals surface area contributed by atoms with Gasteiger partial charge >= 0.3 is 0 Å². The van der Waals surface area contributed by atoms with Gasteiger partial charge in [-0.05, 0) is 80.8 Å². The van der Waals surface area contributed by atoms with Crippen LogP contribution >= 0.6 is 0 Å². The van der Waals surface area contributed by atoms with Crippen LogP contribution in [0.4, 0.5) is 5.69 Å². The number of anilines is 1. The summed E-state index contributed by atoms with van der Waals surface area (Å²) < 4.78 is 26.8. The van der Waals surface area contributed by atoms with Crippen LogP contribution < -0.4 is 10.0 Å². The highest BCUT2D eigenvalue weighted by Gasteiger charge is 2.34. The minimum Gasteiger partial charge on any atom is -0.325 e. The van der Waals surface area contributed by atoms with Crippen molar-refractivity contribution < 1.29 is 13.2 Å². The summed E-state index contributed by atoms with van der Waals surface area (Å²) >= 11 is 0. The topological polar surface area (TPSA) is 75.3 Å². The molecule has 164 valence electrons. The molecular weight excluding hydrogens is 408 g/mol. The number of carbonyl (C=O) groups is 1. The third kappa shape index (κ3) is 4.60. The summed E-state index contributed by atoms with van der Waals surface area (Å²) in [6.45, 7) is 5.09. The first-order chi connectivity index (χ1) is 14.6. The number of hydrogen-bond acceptors (Lipinski definition) is 3. The molecule has 0 radical (unpaired) electrons. The van der Waals surface area contributed by atoms with E-state index >= 15 is 0 Å². The number of sulfonamides is 1. The molecule has 0 spiro atoms. The van der Waals surface area contributed by atoms with E-state index in [-0.39, 0.29) is 17.9 Å². The number of nitrogens with one attached hydrogen (secondary N) is 2. The lowest BCUT2D eigenvalue weighted by Crippen LogP contribution is -2.46. The molecule has 2 N–H and O–H groups in total. The summed E-state index contributed by atoms with van der Waals surface area (Å²) in [5, 5.41) is 7.57. The highest BCUT2D eigenvalue weighted by atomic mass is 32.2. The lowest BCUT2D eigenvalue weighted by atomic mass is 9.86. The van der Waals surface area contributed by atoms with Gasteiger partial charge in [-0.3, -0.25) is 4.79 Å². The number of benzene rings is 3. The molecule has 3 aromatic rings. The standard InChI is InChI=1S/C25H30N2O3S/c1-25(2,3)31(29,30)27-21-13-11-17(12-14-21)24(28)26-23-10-6-9-20-15-18-7-4-5-8-19(18)16-22(20)23/h4-10,15-17,21,27H,11-14H2,1-3H3,(H,26,28). The van der Waals surface area contributed by atoms with Crippen LogP contribution in [0.5, 0.6) is 0 Å². The smallest absolute Gasteiger partial charge is 0.227 e. The van der Waals surface area contributed by atoms with Crippen molar-refractivity contribution in [2.45, 2.75) is 57.2 Å². The zero-order valence-electron chi connectivity index (χ0n) is 18.3. The predicted octanol–water partition coefficient (Wildman–Crippen LogP) is 5.21. The van der Waals surface area contributed by atoms with Crippen LogP contribution in [0.15, 0.2) is 54.6 Å². The minimum atomic E-state index is -3.38. The molecule has 0 atom stereocenters. The summed E-state index contributed by atoms with van der Waals surface area (Å²) in [5.41, 5.74) is 0.823. The molecule has 6 heteroatoms. The molecule has 0 heterocycles. The molecule has 0 bridgehead atoms. The predicted molar refractivity (Wildman–Crippen MR) is 128 cm³/mol. The monoisotopic (exact) mass is 438 g/mol. The molecule has 3 aromatic carbocycles. The molecule has 1 amide bonds. The highest BCUT2D eigenvalue weighted by Crippen LogP contribution is 2.31. The van der Waals surface area contributed by atoms with Crippen LogP contribution in [-0.4, -0.2) is 25.1 Å². The second-order valence-electron chi connectivity index (χ2n) is 9.50. The number of rotatable bonds is 4. The average molecular weight is 439 g/mol. The summed E-state index contributed by atoms with van der Waals surface area (Å²) in [6, 6.07) is 18.3. The van der Waals surface area contributed by atoms with Crippen molar-refractivity contribution in [3.8, 4) is 0 Å².